The van der Waals surface area contributed by atoms with Crippen molar-refractivity contribution in [2.24, 2.45) is 0 Å². The van der Waals surface area contributed by atoms with E-state index in [0.717, 1.165) is 0 Å². The molecule has 5 heteroatoms. The van der Waals surface area contributed by atoms with Crippen LogP contribution in [0.4, 0.5) is 14.1 Å². The van der Waals surface area contributed by atoms with E-state index in [0.29, 0.717) is 0 Å². The maximum Gasteiger partial charge on any atom is 0.0645 e. The van der Waals surface area contributed by atoms with Crippen LogP contribution in [0.2, 0.25) is 0 Å². The van der Waals surface area contributed by atoms with Crippen molar-refractivity contribution in [3.8, 4) is 0 Å². The highest BCUT2D eigenvalue weighted by molar-refractivity contribution is 7.17. The molecule has 0 aliphatic heterocycles. The predicted molar refractivity (Wildman–Crippen MR) is 28.9 cm³/mol. The van der Waals surface area contributed by atoms with Crippen molar-refractivity contribution >= 4 is 9.24 Å². The molecule has 0 amide bonds. The maximum absolute atomic E-state index is 8.02. The van der Waals surface area contributed by atoms with Gasteiger partial charge < -0.3 is 5.11 Å². The van der Waals surface area contributed by atoms with Gasteiger partial charge in [-0.1, -0.05) is 0 Å². The fraction of sp³-hybridized carbons (Fsp3) is 1.00. The Labute approximate surface area is 42.4 Å². The summed E-state index contributed by atoms with van der Waals surface area (Å²) in [4.78, 5) is 0. The molecule has 0 aromatic carbocycles. The van der Waals surface area contributed by atoms with E-state index in [1.165, 1.54) is 0 Å². The first-order valence-electron chi connectivity index (χ1n) is 1.17. The molecular formula is C2H10F3OP. The van der Waals surface area contributed by atoms with Crippen LogP contribution in [-0.2, 0) is 0 Å². The summed E-state index contributed by atoms with van der Waals surface area (Å²) in [6.07, 6.45) is 0. The van der Waals surface area contributed by atoms with Crippen LogP contribution in [-0.4, -0.2) is 11.0 Å². The molecule has 0 rings (SSSR count). The third kappa shape index (κ3) is 3330. The average molecular weight is 138 g/mol. The molecule has 0 spiro atoms. The summed E-state index contributed by atoms with van der Waals surface area (Å²) in [7, 11) is 2.21. The van der Waals surface area contributed by atoms with E-state index in [1.807, 2.05) is 0 Å². The first kappa shape index (κ1) is 27.1. The molecule has 0 aliphatic rings. The molecule has 1 nitrogen and oxygen atoms in total. The Kier molecular flexibility index (Phi) is 63.5. The first-order valence-corrected chi connectivity index (χ1v) is 1.84. The van der Waals surface area contributed by atoms with Gasteiger partial charge in [0.05, 0.1) is 5.85 Å². The van der Waals surface area contributed by atoms with Gasteiger partial charge in [-0.15, -0.1) is 9.24 Å². The number of hydrogen-bond acceptors (Lipinski definition) is 1. The number of hydrogen-bond donors (Lipinski definition) is 1. The lowest BCUT2D eigenvalue weighted by Crippen LogP contribution is -1.78. The van der Waals surface area contributed by atoms with Crippen LogP contribution in [0.5, 0.6) is 0 Å². The summed E-state index contributed by atoms with van der Waals surface area (Å²) >= 11 is 0. The zero-order valence-electron chi connectivity index (χ0n) is 3.83. The highest BCUT2D eigenvalue weighted by atomic mass is 31.0. The highest BCUT2D eigenvalue weighted by Crippen LogP contribution is 1.85. The fourth-order valence-electron chi connectivity index (χ4n) is 0. The van der Waals surface area contributed by atoms with Crippen molar-refractivity contribution in [3.63, 3.8) is 0 Å². The van der Waals surface area contributed by atoms with Gasteiger partial charge in [-0.2, -0.15) is 0 Å². The largest absolute Gasteiger partial charge is 0.389 e. The lowest BCUT2D eigenvalue weighted by molar-refractivity contribution is 0.283. The summed E-state index contributed by atoms with van der Waals surface area (Å²) in [6, 6.07) is 0. The lowest BCUT2D eigenvalue weighted by Gasteiger charge is -1.80. The third-order valence-corrected chi connectivity index (χ3v) is 0. The minimum absolute atomic E-state index is 0. The van der Waals surface area contributed by atoms with Gasteiger partial charge in [0.2, 0.25) is 0 Å². The Morgan fingerprint density at radius 2 is 1.29 bits per heavy atom. The fourth-order valence-corrected chi connectivity index (χ4v) is 0. The Morgan fingerprint density at radius 1 is 1.29 bits per heavy atom. The third-order valence-electron chi connectivity index (χ3n) is 0. The van der Waals surface area contributed by atoms with Crippen LogP contribution >= 0.6 is 9.24 Å². The Hall–Kier alpha value is 0.180. The van der Waals surface area contributed by atoms with Crippen LogP contribution < -0.4 is 0 Å². The van der Waals surface area contributed by atoms with Gasteiger partial charge in [-0.3, -0.25) is 14.1 Å². The average Bonchev–Trinajstić information content (AvgIpc) is 0.811. The van der Waals surface area contributed by atoms with E-state index < -0.39 is 0 Å². The van der Waals surface area contributed by atoms with E-state index in [9.17, 15) is 0 Å². The molecule has 2 unspecified atom stereocenters. The van der Waals surface area contributed by atoms with E-state index in [1.54, 1.807) is 6.92 Å². The zero-order chi connectivity index (χ0) is 3.58. The zero-order valence-corrected chi connectivity index (χ0v) is 4.98. The van der Waals surface area contributed by atoms with Crippen molar-refractivity contribution in [1.29, 1.82) is 0 Å². The number of aliphatic hydroxyl groups excluding tert-OH is 1. The molecule has 0 heterocycles. The van der Waals surface area contributed by atoms with Crippen molar-refractivity contribution in [2.75, 3.05) is 0 Å². The van der Waals surface area contributed by atoms with Crippen molar-refractivity contribution < 1.29 is 19.2 Å². The van der Waals surface area contributed by atoms with E-state index in [-0.39, 0.29) is 20.0 Å². The van der Waals surface area contributed by atoms with Gasteiger partial charge in [0, 0.05) is 0 Å². The molecule has 0 aliphatic carbocycles. The standard InChI is InChI=1S/C2H7OP.3FH/c1-2(3)4;;;/h2-3H,4H2,1H3;3*1H. The maximum atomic E-state index is 8.02. The van der Waals surface area contributed by atoms with Gasteiger partial charge in [-0.25, -0.2) is 0 Å². The van der Waals surface area contributed by atoms with Crippen LogP contribution in [0.25, 0.3) is 0 Å². The van der Waals surface area contributed by atoms with Crippen LogP contribution in [0.3, 0.4) is 0 Å². The summed E-state index contributed by atoms with van der Waals surface area (Å²) < 4.78 is 0. The molecule has 0 radical (unpaired) electrons. The van der Waals surface area contributed by atoms with Gasteiger partial charge >= 0.3 is 0 Å². The summed E-state index contributed by atoms with van der Waals surface area (Å²) in [5, 5.41) is 8.02. The molecule has 1 N–H and O–H groups in total. The van der Waals surface area contributed by atoms with Crippen LogP contribution in [0.15, 0.2) is 0 Å². The minimum atomic E-state index is -0.250. The molecule has 0 saturated carbocycles. The number of halogens is 3. The second-order valence-corrected chi connectivity index (χ2v) is 1.71. The molecule has 7 heavy (non-hydrogen) atoms. The SMILES string of the molecule is CC(O)P.F.F.F. The van der Waals surface area contributed by atoms with Crippen molar-refractivity contribution in [2.45, 2.75) is 12.8 Å². The number of rotatable bonds is 0. The van der Waals surface area contributed by atoms with Gasteiger partial charge in [0.15, 0.2) is 0 Å². The Balaban J connectivity index is -0.0000000150. The molecule has 0 aromatic heterocycles. The van der Waals surface area contributed by atoms with E-state index in [2.05, 4.69) is 9.24 Å². The topological polar surface area (TPSA) is 20.2 Å². The van der Waals surface area contributed by atoms with Gasteiger partial charge in [0.1, 0.15) is 0 Å². The second kappa shape index (κ2) is 16.4. The lowest BCUT2D eigenvalue weighted by atomic mass is 10.9. The molecule has 0 fully saturated rings. The minimum Gasteiger partial charge on any atom is -0.389 e. The molecule has 0 saturated heterocycles. The number of aliphatic hydroxyl groups is 1. The van der Waals surface area contributed by atoms with Crippen molar-refractivity contribution in [3.05, 3.63) is 0 Å². The Bertz CT molecular complexity index is 17.7. The summed E-state index contributed by atoms with van der Waals surface area (Å²) in [5.41, 5.74) is 0. The molecule has 50 valence electrons. The Morgan fingerprint density at radius 3 is 1.29 bits per heavy atom. The molecule has 2 atom stereocenters. The normalized spacial score (nSPS) is 9.00. The molecule has 0 bridgehead atoms. The summed E-state index contributed by atoms with van der Waals surface area (Å²) in [6.45, 7) is 1.69. The second-order valence-electron chi connectivity index (χ2n) is 0.741. The van der Waals surface area contributed by atoms with E-state index >= 15 is 0 Å². The van der Waals surface area contributed by atoms with Crippen molar-refractivity contribution in [1.82, 2.24) is 0 Å². The highest BCUT2D eigenvalue weighted by Gasteiger charge is 1.69. The van der Waals surface area contributed by atoms with Gasteiger partial charge in [0.25, 0.3) is 0 Å². The van der Waals surface area contributed by atoms with Crippen LogP contribution in [0.1, 0.15) is 6.92 Å². The monoisotopic (exact) mass is 138 g/mol. The predicted octanol–water partition coefficient (Wildman–Crippen LogP) is 0.657. The van der Waals surface area contributed by atoms with E-state index in [4.69, 9.17) is 5.11 Å². The molecule has 0 aromatic rings. The van der Waals surface area contributed by atoms with Gasteiger partial charge in [-0.05, 0) is 6.92 Å². The summed E-state index contributed by atoms with van der Waals surface area (Å²) in [5.74, 6) is -0.250. The van der Waals surface area contributed by atoms with Crippen LogP contribution in [0, 0.1) is 0 Å². The first-order chi connectivity index (χ1) is 1.73. The smallest absolute Gasteiger partial charge is 0.0645 e. The molecular weight excluding hydrogens is 128 g/mol. The quantitative estimate of drug-likeness (QED) is 0.487.